The Morgan fingerprint density at radius 1 is 1.28 bits per heavy atom. The molecule has 0 bridgehead atoms. The van der Waals surface area contributed by atoms with Crippen LogP contribution in [0.1, 0.15) is 35.8 Å². The summed E-state index contributed by atoms with van der Waals surface area (Å²) in [5, 5.41) is 6.05. The molecule has 0 aliphatic heterocycles. The Morgan fingerprint density at radius 3 is 2.76 bits per heavy atom. The molecule has 1 aliphatic rings. The Hall–Kier alpha value is -2.50. The quantitative estimate of drug-likeness (QED) is 0.836. The molecule has 3 rings (SSSR count). The van der Waals surface area contributed by atoms with Gasteiger partial charge in [0.25, 0.3) is 5.91 Å². The van der Waals surface area contributed by atoms with Crippen molar-refractivity contribution in [3.8, 4) is 0 Å². The minimum Gasteiger partial charge on any atom is -0.382 e. The first kappa shape index (κ1) is 17.3. The summed E-state index contributed by atoms with van der Waals surface area (Å²) in [4.78, 5) is 16.4. The number of hydrogen-bond donors (Lipinski definition) is 2. The van der Waals surface area contributed by atoms with Crippen LogP contribution >= 0.6 is 0 Å². The fraction of sp³-hybridized carbons (Fsp3) is 0.368. The van der Waals surface area contributed by atoms with Gasteiger partial charge in [0.2, 0.25) is 5.92 Å². The van der Waals surface area contributed by atoms with Crippen molar-refractivity contribution in [2.24, 2.45) is 5.92 Å². The van der Waals surface area contributed by atoms with Crippen LogP contribution in [0, 0.1) is 5.92 Å². The molecule has 1 aromatic carbocycles. The van der Waals surface area contributed by atoms with E-state index in [1.54, 1.807) is 24.4 Å². The van der Waals surface area contributed by atoms with E-state index >= 15 is 0 Å². The Balaban J connectivity index is 1.56. The van der Waals surface area contributed by atoms with Crippen LogP contribution in [-0.2, 0) is 6.54 Å². The highest BCUT2D eigenvalue weighted by Crippen LogP contribution is 2.44. The van der Waals surface area contributed by atoms with Crippen molar-refractivity contribution in [1.82, 2.24) is 10.3 Å². The lowest BCUT2D eigenvalue weighted by Gasteiger charge is -2.39. The van der Waals surface area contributed by atoms with E-state index in [9.17, 15) is 13.6 Å². The summed E-state index contributed by atoms with van der Waals surface area (Å²) in [5.41, 5.74) is 2.06. The third kappa shape index (κ3) is 4.53. The average Bonchev–Trinajstić information content (AvgIpc) is 2.58. The van der Waals surface area contributed by atoms with Gasteiger partial charge in [-0.05, 0) is 43.2 Å². The first-order chi connectivity index (χ1) is 11.9. The molecular weight excluding hydrogens is 324 g/mol. The Labute approximate surface area is 145 Å². The van der Waals surface area contributed by atoms with Gasteiger partial charge in [-0.15, -0.1) is 0 Å². The van der Waals surface area contributed by atoms with Crippen LogP contribution in [0.15, 0.2) is 48.7 Å². The van der Waals surface area contributed by atoms with Gasteiger partial charge < -0.3 is 10.6 Å². The number of halogens is 2. The van der Waals surface area contributed by atoms with Crippen molar-refractivity contribution in [2.75, 3.05) is 5.32 Å². The molecule has 0 radical (unpaired) electrons. The number of rotatable bonds is 6. The highest BCUT2D eigenvalue weighted by atomic mass is 19.3. The summed E-state index contributed by atoms with van der Waals surface area (Å²) in [6, 6.07) is 12.5. The first-order valence-corrected chi connectivity index (χ1v) is 8.35. The van der Waals surface area contributed by atoms with Crippen molar-refractivity contribution in [1.29, 1.82) is 0 Å². The average molecular weight is 345 g/mol. The maximum absolute atomic E-state index is 13.0. The molecule has 132 valence electrons. The number of alkyl halides is 2. The first-order valence-electron chi connectivity index (χ1n) is 8.35. The third-order valence-corrected chi connectivity index (χ3v) is 4.50. The van der Waals surface area contributed by atoms with Gasteiger partial charge in [0.15, 0.2) is 0 Å². The van der Waals surface area contributed by atoms with E-state index in [1.165, 1.54) is 0 Å². The molecular formula is C19H21F2N3O. The topological polar surface area (TPSA) is 54.0 Å². The molecule has 2 aromatic rings. The zero-order valence-electron chi connectivity index (χ0n) is 14.0. The molecule has 1 aliphatic carbocycles. The molecule has 1 atom stereocenters. The van der Waals surface area contributed by atoms with Gasteiger partial charge in [-0.3, -0.25) is 9.78 Å². The number of benzene rings is 1. The smallest absolute Gasteiger partial charge is 0.251 e. The molecule has 25 heavy (non-hydrogen) atoms. The number of carbonyl (C=O) groups is 1. The van der Waals surface area contributed by atoms with E-state index in [0.29, 0.717) is 12.1 Å². The fourth-order valence-electron chi connectivity index (χ4n) is 2.97. The SMILES string of the molecule is C[C@H](Nc1cccc(C(=O)NCc2ccccn2)c1)C1CC(F)(F)C1. The van der Waals surface area contributed by atoms with Crippen LogP contribution in [0.4, 0.5) is 14.5 Å². The monoisotopic (exact) mass is 345 g/mol. The molecule has 1 aromatic heterocycles. The van der Waals surface area contributed by atoms with Crippen molar-refractivity contribution in [3.63, 3.8) is 0 Å². The van der Waals surface area contributed by atoms with Gasteiger partial charge in [-0.2, -0.15) is 0 Å². The molecule has 0 unspecified atom stereocenters. The maximum atomic E-state index is 13.0. The van der Waals surface area contributed by atoms with Gasteiger partial charge in [-0.25, -0.2) is 8.78 Å². The van der Waals surface area contributed by atoms with Crippen molar-refractivity contribution in [3.05, 3.63) is 59.9 Å². The molecule has 1 heterocycles. The Kier molecular flexibility index (Phi) is 4.97. The molecule has 0 saturated heterocycles. The van der Waals surface area contributed by atoms with Crippen LogP contribution in [-0.4, -0.2) is 22.9 Å². The predicted octanol–water partition coefficient (Wildman–Crippen LogP) is 3.86. The Bertz CT molecular complexity index is 728. The van der Waals surface area contributed by atoms with Gasteiger partial charge in [0.05, 0.1) is 12.2 Å². The summed E-state index contributed by atoms with van der Waals surface area (Å²) in [6.45, 7) is 2.25. The lowest BCUT2D eigenvalue weighted by Crippen LogP contribution is -2.43. The molecule has 4 nitrogen and oxygen atoms in total. The third-order valence-electron chi connectivity index (χ3n) is 4.50. The number of nitrogens with one attached hydrogen (secondary N) is 2. The highest BCUT2D eigenvalue weighted by Gasteiger charge is 2.47. The number of anilines is 1. The van der Waals surface area contributed by atoms with Crippen LogP contribution in [0.25, 0.3) is 0 Å². The normalized spacial score (nSPS) is 17.4. The number of pyridine rings is 1. The van der Waals surface area contributed by atoms with E-state index in [2.05, 4.69) is 15.6 Å². The second-order valence-corrected chi connectivity index (χ2v) is 6.54. The molecule has 1 saturated carbocycles. The zero-order chi connectivity index (χ0) is 17.9. The van der Waals surface area contributed by atoms with Crippen LogP contribution in [0.5, 0.6) is 0 Å². The largest absolute Gasteiger partial charge is 0.382 e. The van der Waals surface area contributed by atoms with Gasteiger partial charge >= 0.3 is 0 Å². The summed E-state index contributed by atoms with van der Waals surface area (Å²) in [6.07, 6.45) is 1.52. The molecule has 2 N–H and O–H groups in total. The van der Waals surface area contributed by atoms with Crippen molar-refractivity contribution < 1.29 is 13.6 Å². The lowest BCUT2D eigenvalue weighted by molar-refractivity contribution is -0.113. The number of aromatic nitrogens is 1. The second-order valence-electron chi connectivity index (χ2n) is 6.54. The van der Waals surface area contributed by atoms with Crippen LogP contribution < -0.4 is 10.6 Å². The highest BCUT2D eigenvalue weighted by molar-refractivity contribution is 5.95. The van der Waals surface area contributed by atoms with Gasteiger partial charge in [0, 0.05) is 36.3 Å². The number of hydrogen-bond acceptors (Lipinski definition) is 3. The Morgan fingerprint density at radius 2 is 2.08 bits per heavy atom. The van der Waals surface area contributed by atoms with E-state index in [4.69, 9.17) is 0 Å². The van der Waals surface area contributed by atoms with Crippen molar-refractivity contribution >= 4 is 11.6 Å². The van der Waals surface area contributed by atoms with Crippen LogP contribution in [0.2, 0.25) is 0 Å². The summed E-state index contributed by atoms with van der Waals surface area (Å²) < 4.78 is 26.0. The molecule has 1 amide bonds. The number of nitrogens with zero attached hydrogens (tertiary/aromatic N) is 1. The fourth-order valence-corrected chi connectivity index (χ4v) is 2.97. The lowest BCUT2D eigenvalue weighted by atomic mass is 9.77. The van der Waals surface area contributed by atoms with E-state index in [-0.39, 0.29) is 30.7 Å². The van der Waals surface area contributed by atoms with Gasteiger partial charge in [0.1, 0.15) is 0 Å². The number of amides is 1. The van der Waals surface area contributed by atoms with E-state index in [1.807, 2.05) is 31.2 Å². The van der Waals surface area contributed by atoms with E-state index < -0.39 is 5.92 Å². The zero-order valence-corrected chi connectivity index (χ0v) is 14.0. The standard InChI is InChI=1S/C19H21F2N3O/c1-13(15-10-19(20,21)11-15)24-16-7-4-5-14(9-16)18(25)23-12-17-6-2-3-8-22-17/h2-9,13,15,24H,10-12H2,1H3,(H,23,25)/t13-/m0/s1. The number of carbonyl (C=O) groups excluding carboxylic acids is 1. The van der Waals surface area contributed by atoms with Crippen LogP contribution in [0.3, 0.4) is 0 Å². The van der Waals surface area contributed by atoms with Crippen molar-refractivity contribution in [2.45, 2.75) is 38.3 Å². The molecule has 1 fully saturated rings. The van der Waals surface area contributed by atoms with E-state index in [0.717, 1.165) is 11.4 Å². The molecule has 6 heteroatoms. The summed E-state index contributed by atoms with van der Waals surface area (Å²) in [5.74, 6) is -2.76. The summed E-state index contributed by atoms with van der Waals surface area (Å²) in [7, 11) is 0. The van der Waals surface area contributed by atoms with Gasteiger partial charge in [-0.1, -0.05) is 12.1 Å². The predicted molar refractivity (Wildman–Crippen MR) is 92.6 cm³/mol. The maximum Gasteiger partial charge on any atom is 0.251 e. The summed E-state index contributed by atoms with van der Waals surface area (Å²) >= 11 is 0. The minimum absolute atomic E-state index is 0.0448. The minimum atomic E-state index is -2.52. The molecule has 0 spiro atoms. The second kappa shape index (κ2) is 7.17.